The molecule has 0 spiro atoms. The highest BCUT2D eigenvalue weighted by Crippen LogP contribution is 2.24. The number of benzene rings is 1. The van der Waals surface area contributed by atoms with E-state index in [9.17, 15) is 14.4 Å². The van der Waals surface area contributed by atoms with Crippen LogP contribution >= 0.6 is 0 Å². The highest BCUT2D eigenvalue weighted by Gasteiger charge is 2.14. The fraction of sp³-hybridized carbons (Fsp3) is 0.182. The minimum atomic E-state index is -1.08. The highest BCUT2D eigenvalue weighted by molar-refractivity contribution is 5.95. The Bertz CT molecular complexity index is 533. The second-order valence-corrected chi connectivity index (χ2v) is 3.54. The molecule has 1 atom stereocenters. The second kappa shape index (κ2) is 3.94. The number of aromatic nitrogens is 1. The topological polar surface area (TPSA) is 62.3 Å². The fourth-order valence-electron chi connectivity index (χ4n) is 1.68. The first-order valence-electron chi connectivity index (χ1n) is 4.76. The SMILES string of the molecule is CC(O)c1cccc2cc(C(=O)OF)[nH]c12. The van der Waals surface area contributed by atoms with Gasteiger partial charge in [-0.15, -0.1) is 0 Å². The van der Waals surface area contributed by atoms with Crippen LogP contribution in [-0.2, 0) is 4.94 Å². The molecule has 5 heteroatoms. The van der Waals surface area contributed by atoms with Gasteiger partial charge in [0.05, 0.1) is 11.6 Å². The summed E-state index contributed by atoms with van der Waals surface area (Å²) in [5.41, 5.74) is 1.28. The first kappa shape index (κ1) is 10.6. The quantitative estimate of drug-likeness (QED) is 0.820. The smallest absolute Gasteiger partial charge is 0.389 e. The van der Waals surface area contributed by atoms with Gasteiger partial charge < -0.3 is 10.1 Å². The molecule has 0 amide bonds. The standard InChI is InChI=1S/C11H10FNO3/c1-6(14)8-4-2-3-7-5-9(11(15)16-12)13-10(7)8/h2-6,13-14H,1H3. The highest BCUT2D eigenvalue weighted by atomic mass is 19.3. The molecule has 0 saturated heterocycles. The zero-order chi connectivity index (χ0) is 11.7. The van der Waals surface area contributed by atoms with E-state index in [4.69, 9.17) is 0 Å². The van der Waals surface area contributed by atoms with Gasteiger partial charge in [0, 0.05) is 15.5 Å². The van der Waals surface area contributed by atoms with Gasteiger partial charge in [0.2, 0.25) is 0 Å². The number of H-pyrrole nitrogens is 1. The average Bonchev–Trinajstić information content (AvgIpc) is 2.70. The molecule has 0 aliphatic rings. The number of aliphatic hydroxyl groups is 1. The number of halogens is 1. The van der Waals surface area contributed by atoms with Crippen molar-refractivity contribution in [3.05, 3.63) is 35.5 Å². The molecule has 2 aromatic rings. The third-order valence-corrected chi connectivity index (χ3v) is 2.43. The Kier molecular flexibility index (Phi) is 2.62. The largest absolute Gasteiger partial charge is 0.395 e. The zero-order valence-corrected chi connectivity index (χ0v) is 8.53. The molecule has 84 valence electrons. The minimum Gasteiger partial charge on any atom is -0.389 e. The predicted molar refractivity (Wildman–Crippen MR) is 55.5 cm³/mol. The van der Waals surface area contributed by atoms with Crippen LogP contribution in [0.2, 0.25) is 0 Å². The van der Waals surface area contributed by atoms with Gasteiger partial charge in [-0.05, 0) is 13.0 Å². The van der Waals surface area contributed by atoms with Gasteiger partial charge in [-0.25, -0.2) is 9.74 Å². The maximum Gasteiger partial charge on any atom is 0.395 e. The van der Waals surface area contributed by atoms with E-state index in [0.717, 1.165) is 5.39 Å². The van der Waals surface area contributed by atoms with E-state index in [1.54, 1.807) is 25.1 Å². The zero-order valence-electron chi connectivity index (χ0n) is 8.53. The van der Waals surface area contributed by atoms with Gasteiger partial charge in [-0.1, -0.05) is 18.2 Å². The number of carbonyl (C=O) groups is 1. The Morgan fingerprint density at radius 2 is 2.31 bits per heavy atom. The molecule has 2 N–H and O–H groups in total. The normalized spacial score (nSPS) is 12.7. The van der Waals surface area contributed by atoms with Crippen LogP contribution in [0, 0.1) is 0 Å². The number of aromatic amines is 1. The van der Waals surface area contributed by atoms with Crippen LogP contribution in [0.25, 0.3) is 10.9 Å². The summed E-state index contributed by atoms with van der Waals surface area (Å²) in [5, 5.41) is 10.2. The van der Waals surface area contributed by atoms with E-state index in [2.05, 4.69) is 9.93 Å². The monoisotopic (exact) mass is 223 g/mol. The lowest BCUT2D eigenvalue weighted by molar-refractivity contribution is -0.0792. The van der Waals surface area contributed by atoms with Crippen LogP contribution in [0.4, 0.5) is 4.53 Å². The Hall–Kier alpha value is -1.88. The summed E-state index contributed by atoms with van der Waals surface area (Å²) >= 11 is 0. The van der Waals surface area contributed by atoms with Gasteiger partial charge in [-0.3, -0.25) is 0 Å². The lowest BCUT2D eigenvalue weighted by atomic mass is 10.1. The summed E-state index contributed by atoms with van der Waals surface area (Å²) in [5.74, 6) is -1.08. The van der Waals surface area contributed by atoms with Crippen molar-refractivity contribution in [3.63, 3.8) is 0 Å². The van der Waals surface area contributed by atoms with Crippen molar-refractivity contribution in [1.29, 1.82) is 0 Å². The van der Waals surface area contributed by atoms with Crippen LogP contribution in [0.1, 0.15) is 29.1 Å². The first-order valence-corrected chi connectivity index (χ1v) is 4.76. The van der Waals surface area contributed by atoms with Crippen molar-refractivity contribution in [2.24, 2.45) is 0 Å². The Morgan fingerprint density at radius 1 is 1.56 bits per heavy atom. The van der Waals surface area contributed by atoms with E-state index in [1.807, 2.05) is 0 Å². The molecular formula is C11H10FNO3. The number of aliphatic hydroxyl groups excluding tert-OH is 1. The van der Waals surface area contributed by atoms with Crippen molar-refractivity contribution >= 4 is 16.9 Å². The van der Waals surface area contributed by atoms with Gasteiger partial charge in [0.25, 0.3) is 0 Å². The van der Waals surface area contributed by atoms with Crippen LogP contribution in [-0.4, -0.2) is 16.1 Å². The van der Waals surface area contributed by atoms with Gasteiger partial charge in [-0.2, -0.15) is 0 Å². The van der Waals surface area contributed by atoms with E-state index in [1.165, 1.54) is 6.07 Å². The third kappa shape index (κ3) is 1.65. The Morgan fingerprint density at radius 3 is 2.94 bits per heavy atom. The summed E-state index contributed by atoms with van der Waals surface area (Å²) in [6.07, 6.45) is -0.670. The van der Waals surface area contributed by atoms with Crippen molar-refractivity contribution in [2.45, 2.75) is 13.0 Å². The summed E-state index contributed by atoms with van der Waals surface area (Å²) in [6, 6.07) is 6.71. The minimum absolute atomic E-state index is 0.0191. The van der Waals surface area contributed by atoms with Crippen LogP contribution < -0.4 is 0 Å². The molecule has 4 nitrogen and oxygen atoms in total. The van der Waals surface area contributed by atoms with E-state index in [-0.39, 0.29) is 5.69 Å². The van der Waals surface area contributed by atoms with Crippen molar-refractivity contribution < 1.29 is 19.4 Å². The maximum atomic E-state index is 11.7. The molecule has 0 fully saturated rings. The summed E-state index contributed by atoms with van der Waals surface area (Å²) in [4.78, 5) is 16.8. The molecule has 1 aromatic carbocycles. The number of nitrogens with one attached hydrogen (secondary N) is 1. The van der Waals surface area contributed by atoms with Gasteiger partial charge in [0.1, 0.15) is 5.69 Å². The van der Waals surface area contributed by atoms with Crippen molar-refractivity contribution in [1.82, 2.24) is 4.98 Å². The molecular weight excluding hydrogens is 213 g/mol. The van der Waals surface area contributed by atoms with Crippen LogP contribution in [0.3, 0.4) is 0 Å². The van der Waals surface area contributed by atoms with E-state index >= 15 is 0 Å². The number of carbonyl (C=O) groups excluding carboxylic acids is 1. The number of hydrogen-bond donors (Lipinski definition) is 2. The van der Waals surface area contributed by atoms with Crippen LogP contribution in [0.15, 0.2) is 24.3 Å². The molecule has 1 aromatic heterocycles. The van der Waals surface area contributed by atoms with E-state index < -0.39 is 12.1 Å². The first-order chi connectivity index (χ1) is 7.63. The summed E-state index contributed by atoms with van der Waals surface area (Å²) in [7, 11) is 0. The number of para-hydroxylation sites is 1. The molecule has 1 unspecified atom stereocenters. The Labute approximate surface area is 90.6 Å². The van der Waals surface area contributed by atoms with Crippen molar-refractivity contribution in [2.75, 3.05) is 0 Å². The summed E-state index contributed by atoms with van der Waals surface area (Å²) in [6.45, 7) is 1.61. The Balaban J connectivity index is 2.61. The third-order valence-electron chi connectivity index (χ3n) is 2.43. The van der Waals surface area contributed by atoms with E-state index in [0.29, 0.717) is 11.1 Å². The molecule has 16 heavy (non-hydrogen) atoms. The van der Waals surface area contributed by atoms with Crippen LogP contribution in [0.5, 0.6) is 0 Å². The molecule has 0 bridgehead atoms. The molecule has 0 aliphatic carbocycles. The predicted octanol–water partition coefficient (Wildman–Crippen LogP) is 2.26. The molecule has 0 saturated carbocycles. The lowest BCUT2D eigenvalue weighted by Crippen LogP contribution is -1.98. The molecule has 0 aliphatic heterocycles. The number of rotatable bonds is 2. The average molecular weight is 223 g/mol. The fourth-order valence-corrected chi connectivity index (χ4v) is 1.68. The van der Waals surface area contributed by atoms with Gasteiger partial charge in [0.15, 0.2) is 0 Å². The molecule has 1 heterocycles. The van der Waals surface area contributed by atoms with Gasteiger partial charge >= 0.3 is 5.97 Å². The lowest BCUT2D eigenvalue weighted by Gasteiger charge is -2.05. The van der Waals surface area contributed by atoms with Crippen molar-refractivity contribution in [3.8, 4) is 0 Å². The number of fused-ring (bicyclic) bond motifs is 1. The number of hydrogen-bond acceptors (Lipinski definition) is 3. The second-order valence-electron chi connectivity index (χ2n) is 3.54. The maximum absolute atomic E-state index is 11.7. The molecule has 0 radical (unpaired) electrons. The summed E-state index contributed by atoms with van der Waals surface area (Å²) < 4.78 is 11.7. The molecule has 2 rings (SSSR count).